The van der Waals surface area contributed by atoms with E-state index in [1.54, 1.807) is 0 Å². The van der Waals surface area contributed by atoms with Gasteiger partial charge in [-0.3, -0.25) is 0 Å². The van der Waals surface area contributed by atoms with Crippen LogP contribution in [-0.2, 0) is 0 Å². The lowest BCUT2D eigenvalue weighted by atomic mass is 9.83. The molecule has 14 heavy (non-hydrogen) atoms. The normalized spacial score (nSPS) is 22.9. The van der Waals surface area contributed by atoms with Gasteiger partial charge in [-0.15, -0.1) is 0 Å². The molecule has 84 valence electrons. The van der Waals surface area contributed by atoms with Crippen LogP contribution in [0.2, 0.25) is 0 Å². The molecule has 1 aliphatic heterocycles. The summed E-state index contributed by atoms with van der Waals surface area (Å²) in [4.78, 5) is 0. The molecule has 1 fully saturated rings. The van der Waals surface area contributed by atoms with E-state index in [2.05, 4.69) is 24.5 Å². The average Bonchev–Trinajstić information content (AvgIpc) is 2.74. The van der Waals surface area contributed by atoms with Crippen LogP contribution in [0, 0.1) is 5.41 Å². The second-order valence-corrected chi connectivity index (χ2v) is 4.44. The van der Waals surface area contributed by atoms with Gasteiger partial charge in [0.25, 0.3) is 0 Å². The fourth-order valence-corrected chi connectivity index (χ4v) is 1.97. The summed E-state index contributed by atoms with van der Waals surface area (Å²) < 4.78 is 0. The van der Waals surface area contributed by atoms with Crippen LogP contribution in [-0.4, -0.2) is 37.4 Å². The van der Waals surface area contributed by atoms with Crippen LogP contribution >= 0.6 is 0 Å². The SMILES string of the molecule is CCC(CC)(CO)CNC1CCNC1. The van der Waals surface area contributed by atoms with E-state index in [1.807, 2.05) is 0 Å². The van der Waals surface area contributed by atoms with Crippen molar-refractivity contribution in [2.24, 2.45) is 5.41 Å². The second kappa shape index (κ2) is 5.69. The van der Waals surface area contributed by atoms with Crippen molar-refractivity contribution in [2.45, 2.75) is 39.2 Å². The number of aliphatic hydroxyl groups excluding tert-OH is 1. The number of hydrogen-bond donors (Lipinski definition) is 3. The Morgan fingerprint density at radius 2 is 2.14 bits per heavy atom. The molecule has 0 spiro atoms. The number of nitrogens with one attached hydrogen (secondary N) is 2. The van der Waals surface area contributed by atoms with Gasteiger partial charge in [0.05, 0.1) is 0 Å². The zero-order chi connectivity index (χ0) is 10.4. The highest BCUT2D eigenvalue weighted by atomic mass is 16.3. The number of aliphatic hydroxyl groups is 1. The maximum absolute atomic E-state index is 9.39. The minimum atomic E-state index is 0.0998. The highest BCUT2D eigenvalue weighted by Crippen LogP contribution is 2.24. The van der Waals surface area contributed by atoms with Gasteiger partial charge >= 0.3 is 0 Å². The van der Waals surface area contributed by atoms with Gasteiger partial charge in [0.15, 0.2) is 0 Å². The van der Waals surface area contributed by atoms with E-state index in [9.17, 15) is 5.11 Å². The topological polar surface area (TPSA) is 44.3 Å². The van der Waals surface area contributed by atoms with Crippen molar-refractivity contribution in [1.82, 2.24) is 10.6 Å². The van der Waals surface area contributed by atoms with E-state index in [0.717, 1.165) is 32.5 Å². The molecular formula is C11H24N2O. The molecule has 0 radical (unpaired) electrons. The largest absolute Gasteiger partial charge is 0.396 e. The fourth-order valence-electron chi connectivity index (χ4n) is 1.97. The molecule has 3 nitrogen and oxygen atoms in total. The number of hydrogen-bond acceptors (Lipinski definition) is 3. The molecule has 1 saturated heterocycles. The molecule has 0 bridgehead atoms. The summed E-state index contributed by atoms with van der Waals surface area (Å²) in [5.41, 5.74) is 0.0998. The van der Waals surface area contributed by atoms with Gasteiger partial charge in [-0.05, 0) is 25.8 Å². The van der Waals surface area contributed by atoms with Crippen molar-refractivity contribution in [3.05, 3.63) is 0 Å². The van der Waals surface area contributed by atoms with Gasteiger partial charge in [0, 0.05) is 31.2 Å². The third-order valence-corrected chi connectivity index (χ3v) is 3.66. The summed E-state index contributed by atoms with van der Waals surface area (Å²) >= 11 is 0. The van der Waals surface area contributed by atoms with Crippen LogP contribution in [0.4, 0.5) is 0 Å². The fraction of sp³-hybridized carbons (Fsp3) is 1.00. The molecule has 0 aromatic carbocycles. The Bertz CT molecular complexity index is 143. The highest BCUT2D eigenvalue weighted by molar-refractivity contribution is 4.83. The Kier molecular flexibility index (Phi) is 4.85. The first kappa shape index (κ1) is 12.0. The van der Waals surface area contributed by atoms with Gasteiger partial charge in [0.1, 0.15) is 0 Å². The van der Waals surface area contributed by atoms with E-state index in [0.29, 0.717) is 12.6 Å². The molecule has 1 atom stereocenters. The van der Waals surface area contributed by atoms with E-state index < -0.39 is 0 Å². The Morgan fingerprint density at radius 3 is 2.57 bits per heavy atom. The van der Waals surface area contributed by atoms with Crippen molar-refractivity contribution in [1.29, 1.82) is 0 Å². The standard InChI is InChI=1S/C11H24N2O/c1-3-11(4-2,9-14)8-13-10-5-6-12-7-10/h10,12-14H,3-9H2,1-2H3. The third-order valence-electron chi connectivity index (χ3n) is 3.66. The zero-order valence-electron chi connectivity index (χ0n) is 9.47. The molecule has 0 amide bonds. The third kappa shape index (κ3) is 2.94. The van der Waals surface area contributed by atoms with Crippen LogP contribution in [0.15, 0.2) is 0 Å². The maximum atomic E-state index is 9.39. The highest BCUT2D eigenvalue weighted by Gasteiger charge is 2.26. The first-order valence-corrected chi connectivity index (χ1v) is 5.81. The van der Waals surface area contributed by atoms with Crippen molar-refractivity contribution in [2.75, 3.05) is 26.2 Å². The summed E-state index contributed by atoms with van der Waals surface area (Å²) in [7, 11) is 0. The summed E-state index contributed by atoms with van der Waals surface area (Å²) in [6.45, 7) is 7.77. The van der Waals surface area contributed by atoms with Crippen molar-refractivity contribution < 1.29 is 5.11 Å². The second-order valence-electron chi connectivity index (χ2n) is 4.44. The summed E-state index contributed by atoms with van der Waals surface area (Å²) in [6, 6.07) is 0.610. The first-order valence-electron chi connectivity index (χ1n) is 5.81. The van der Waals surface area contributed by atoms with Crippen LogP contribution < -0.4 is 10.6 Å². The molecular weight excluding hydrogens is 176 g/mol. The minimum Gasteiger partial charge on any atom is -0.396 e. The molecule has 3 N–H and O–H groups in total. The summed E-state index contributed by atoms with van der Waals surface area (Å²) in [6.07, 6.45) is 3.31. The first-order chi connectivity index (χ1) is 6.76. The lowest BCUT2D eigenvalue weighted by Gasteiger charge is -2.31. The van der Waals surface area contributed by atoms with Gasteiger partial charge in [0.2, 0.25) is 0 Å². The predicted octanol–water partition coefficient (Wildman–Crippen LogP) is 0.737. The maximum Gasteiger partial charge on any atom is 0.0499 e. The van der Waals surface area contributed by atoms with Crippen molar-refractivity contribution in [3.8, 4) is 0 Å². The molecule has 0 saturated carbocycles. The van der Waals surface area contributed by atoms with E-state index in [4.69, 9.17) is 0 Å². The average molecular weight is 200 g/mol. The monoisotopic (exact) mass is 200 g/mol. The smallest absolute Gasteiger partial charge is 0.0499 e. The van der Waals surface area contributed by atoms with Crippen molar-refractivity contribution >= 4 is 0 Å². The zero-order valence-corrected chi connectivity index (χ0v) is 9.47. The minimum absolute atomic E-state index is 0.0998. The molecule has 3 heteroatoms. The van der Waals surface area contributed by atoms with Gasteiger partial charge in [-0.25, -0.2) is 0 Å². The predicted molar refractivity (Wildman–Crippen MR) is 59.4 cm³/mol. The van der Waals surface area contributed by atoms with Crippen LogP contribution in [0.3, 0.4) is 0 Å². The Morgan fingerprint density at radius 1 is 1.43 bits per heavy atom. The Hall–Kier alpha value is -0.120. The van der Waals surface area contributed by atoms with Crippen LogP contribution in [0.25, 0.3) is 0 Å². The molecule has 1 heterocycles. The van der Waals surface area contributed by atoms with E-state index >= 15 is 0 Å². The molecule has 0 aromatic heterocycles. The molecule has 1 rings (SSSR count). The molecule has 0 aliphatic carbocycles. The quantitative estimate of drug-likeness (QED) is 0.592. The lowest BCUT2D eigenvalue weighted by molar-refractivity contribution is 0.110. The summed E-state index contributed by atoms with van der Waals surface area (Å²) in [5.74, 6) is 0. The van der Waals surface area contributed by atoms with Gasteiger partial charge in [-0.1, -0.05) is 13.8 Å². The van der Waals surface area contributed by atoms with Crippen LogP contribution in [0.1, 0.15) is 33.1 Å². The number of rotatable bonds is 6. The van der Waals surface area contributed by atoms with E-state index in [-0.39, 0.29) is 5.41 Å². The van der Waals surface area contributed by atoms with Gasteiger partial charge < -0.3 is 15.7 Å². The van der Waals surface area contributed by atoms with Crippen molar-refractivity contribution in [3.63, 3.8) is 0 Å². The Labute approximate surface area is 87.3 Å². The van der Waals surface area contributed by atoms with Gasteiger partial charge in [-0.2, -0.15) is 0 Å². The summed E-state index contributed by atoms with van der Waals surface area (Å²) in [5, 5.41) is 16.3. The molecule has 1 unspecified atom stereocenters. The molecule has 1 aliphatic rings. The lowest BCUT2D eigenvalue weighted by Crippen LogP contribution is -2.42. The Balaban J connectivity index is 2.31. The van der Waals surface area contributed by atoms with E-state index in [1.165, 1.54) is 6.42 Å². The van der Waals surface area contributed by atoms with Crippen LogP contribution in [0.5, 0.6) is 0 Å². The molecule has 0 aromatic rings.